The zero-order valence-corrected chi connectivity index (χ0v) is 13.5. The van der Waals surface area contributed by atoms with Crippen molar-refractivity contribution in [1.82, 2.24) is 15.2 Å². The predicted molar refractivity (Wildman–Crippen MR) is 85.8 cm³/mol. The summed E-state index contributed by atoms with van der Waals surface area (Å²) in [6, 6.07) is 4.81. The number of pyridine rings is 1. The largest absolute Gasteiger partial charge is 0.368 e. The molecule has 2 unspecified atom stereocenters. The van der Waals surface area contributed by atoms with Crippen molar-refractivity contribution in [3.63, 3.8) is 0 Å². The summed E-state index contributed by atoms with van der Waals surface area (Å²) < 4.78 is 0. The van der Waals surface area contributed by atoms with E-state index in [0.717, 1.165) is 18.8 Å². The topological polar surface area (TPSA) is 48.5 Å². The number of hydrogen-bond acceptors (Lipinski definition) is 4. The van der Waals surface area contributed by atoms with Crippen LogP contribution in [0.1, 0.15) is 38.2 Å². The Morgan fingerprint density at radius 3 is 2.52 bits per heavy atom. The Balaban J connectivity index is 2.19. The average molecular weight is 290 g/mol. The molecule has 116 valence electrons. The van der Waals surface area contributed by atoms with E-state index in [1.807, 2.05) is 26.0 Å². The molecule has 0 aromatic carbocycles. The van der Waals surface area contributed by atoms with Gasteiger partial charge in [0.1, 0.15) is 5.69 Å². The van der Waals surface area contributed by atoms with Crippen LogP contribution in [0.4, 0.5) is 5.69 Å². The molecule has 1 N–H and O–H groups in total. The second-order valence-electron chi connectivity index (χ2n) is 5.75. The highest BCUT2D eigenvalue weighted by Gasteiger charge is 2.22. The molecule has 0 aliphatic carbocycles. The van der Waals surface area contributed by atoms with Gasteiger partial charge in [-0.3, -0.25) is 9.78 Å². The Morgan fingerprint density at radius 1 is 1.33 bits per heavy atom. The van der Waals surface area contributed by atoms with E-state index in [2.05, 4.69) is 29.0 Å². The fourth-order valence-corrected chi connectivity index (χ4v) is 2.94. The van der Waals surface area contributed by atoms with Crippen LogP contribution in [-0.4, -0.2) is 54.1 Å². The van der Waals surface area contributed by atoms with Gasteiger partial charge in [0.15, 0.2) is 0 Å². The molecule has 5 heteroatoms. The molecule has 2 heterocycles. The molecule has 21 heavy (non-hydrogen) atoms. The summed E-state index contributed by atoms with van der Waals surface area (Å²) in [6.45, 7) is 11.7. The smallest absolute Gasteiger partial charge is 0.272 e. The molecule has 1 aromatic rings. The summed E-state index contributed by atoms with van der Waals surface area (Å²) in [5, 5.41) is 3.52. The van der Waals surface area contributed by atoms with Gasteiger partial charge in [0.25, 0.3) is 5.91 Å². The highest BCUT2D eigenvalue weighted by Crippen LogP contribution is 2.18. The lowest BCUT2D eigenvalue weighted by molar-refractivity contribution is 0.0767. The molecule has 1 aromatic heterocycles. The summed E-state index contributed by atoms with van der Waals surface area (Å²) in [5.41, 5.74) is 1.62. The van der Waals surface area contributed by atoms with E-state index in [0.29, 0.717) is 30.9 Å². The zero-order valence-electron chi connectivity index (χ0n) is 13.5. The van der Waals surface area contributed by atoms with E-state index in [9.17, 15) is 4.79 Å². The second kappa shape index (κ2) is 6.89. The third-order valence-electron chi connectivity index (χ3n) is 3.94. The highest BCUT2D eigenvalue weighted by atomic mass is 16.2. The Kier molecular flexibility index (Phi) is 5.17. The van der Waals surface area contributed by atoms with Gasteiger partial charge < -0.3 is 15.1 Å². The van der Waals surface area contributed by atoms with Crippen LogP contribution in [-0.2, 0) is 0 Å². The van der Waals surface area contributed by atoms with Gasteiger partial charge in [0, 0.05) is 50.1 Å². The zero-order chi connectivity index (χ0) is 15.4. The fraction of sp³-hybridized carbons (Fsp3) is 0.625. The van der Waals surface area contributed by atoms with Crippen LogP contribution in [0.15, 0.2) is 18.3 Å². The molecule has 0 saturated carbocycles. The maximum Gasteiger partial charge on any atom is 0.272 e. The molecular weight excluding hydrogens is 264 g/mol. The van der Waals surface area contributed by atoms with Gasteiger partial charge >= 0.3 is 0 Å². The molecule has 1 aliphatic rings. The first-order valence-corrected chi connectivity index (χ1v) is 7.81. The SMILES string of the molecule is CCN(CC)C(=O)c1cc(N2CC(C)NC(C)C2)ccn1. The van der Waals surface area contributed by atoms with Gasteiger partial charge in [-0.1, -0.05) is 0 Å². The van der Waals surface area contributed by atoms with Gasteiger partial charge in [0.05, 0.1) is 0 Å². The number of amides is 1. The van der Waals surface area contributed by atoms with Crippen LogP contribution in [0, 0.1) is 0 Å². The molecule has 0 spiro atoms. The van der Waals surface area contributed by atoms with Crippen LogP contribution in [0.25, 0.3) is 0 Å². The number of aromatic nitrogens is 1. The third kappa shape index (κ3) is 3.73. The standard InChI is InChI=1S/C16H26N4O/c1-5-19(6-2)16(21)15-9-14(7-8-17-15)20-10-12(3)18-13(4)11-20/h7-9,12-13,18H,5-6,10-11H2,1-4H3. The van der Waals surface area contributed by atoms with E-state index in [1.165, 1.54) is 0 Å². The Morgan fingerprint density at radius 2 is 1.95 bits per heavy atom. The lowest BCUT2D eigenvalue weighted by Crippen LogP contribution is -2.54. The van der Waals surface area contributed by atoms with E-state index in [4.69, 9.17) is 0 Å². The van der Waals surface area contributed by atoms with Gasteiger partial charge in [-0.2, -0.15) is 0 Å². The molecular formula is C16H26N4O. The number of carbonyl (C=O) groups is 1. The monoisotopic (exact) mass is 290 g/mol. The van der Waals surface area contributed by atoms with Crippen molar-refractivity contribution in [2.75, 3.05) is 31.1 Å². The van der Waals surface area contributed by atoms with Gasteiger partial charge in [0.2, 0.25) is 0 Å². The van der Waals surface area contributed by atoms with Crippen molar-refractivity contribution in [2.45, 2.75) is 39.8 Å². The Labute approximate surface area is 127 Å². The fourth-order valence-electron chi connectivity index (χ4n) is 2.94. The minimum absolute atomic E-state index is 0.0121. The number of anilines is 1. The van der Waals surface area contributed by atoms with Crippen molar-refractivity contribution >= 4 is 11.6 Å². The Bertz CT molecular complexity index is 477. The lowest BCUT2D eigenvalue weighted by atomic mass is 10.1. The maximum absolute atomic E-state index is 12.4. The van der Waals surface area contributed by atoms with Gasteiger partial charge in [-0.15, -0.1) is 0 Å². The van der Waals surface area contributed by atoms with E-state index < -0.39 is 0 Å². The quantitative estimate of drug-likeness (QED) is 0.918. The maximum atomic E-state index is 12.4. The van der Waals surface area contributed by atoms with E-state index in [-0.39, 0.29) is 5.91 Å². The molecule has 2 atom stereocenters. The lowest BCUT2D eigenvalue weighted by Gasteiger charge is -2.37. The van der Waals surface area contributed by atoms with Crippen LogP contribution in [0.2, 0.25) is 0 Å². The normalized spacial score (nSPS) is 22.2. The molecule has 5 nitrogen and oxygen atoms in total. The van der Waals surface area contributed by atoms with Crippen LogP contribution < -0.4 is 10.2 Å². The van der Waals surface area contributed by atoms with Crippen molar-refractivity contribution in [2.24, 2.45) is 0 Å². The summed E-state index contributed by atoms with van der Waals surface area (Å²) in [4.78, 5) is 20.8. The molecule has 1 aliphatic heterocycles. The average Bonchev–Trinajstić information content (AvgIpc) is 2.47. The summed E-state index contributed by atoms with van der Waals surface area (Å²) in [5.74, 6) is 0.0121. The first-order chi connectivity index (χ1) is 10.0. The molecule has 1 amide bonds. The molecule has 1 saturated heterocycles. The highest BCUT2D eigenvalue weighted by molar-refractivity contribution is 5.93. The molecule has 0 bridgehead atoms. The minimum Gasteiger partial charge on any atom is -0.368 e. The second-order valence-corrected chi connectivity index (χ2v) is 5.75. The van der Waals surface area contributed by atoms with Crippen molar-refractivity contribution < 1.29 is 4.79 Å². The minimum atomic E-state index is 0.0121. The van der Waals surface area contributed by atoms with Crippen molar-refractivity contribution in [3.05, 3.63) is 24.0 Å². The first-order valence-electron chi connectivity index (χ1n) is 7.81. The van der Waals surface area contributed by atoms with Crippen molar-refractivity contribution in [1.29, 1.82) is 0 Å². The first kappa shape index (κ1) is 15.8. The molecule has 1 fully saturated rings. The predicted octanol–water partition coefficient (Wildman–Crippen LogP) is 1.75. The number of hydrogen-bond donors (Lipinski definition) is 1. The third-order valence-corrected chi connectivity index (χ3v) is 3.94. The van der Waals surface area contributed by atoms with Crippen LogP contribution in [0.3, 0.4) is 0 Å². The van der Waals surface area contributed by atoms with Gasteiger partial charge in [-0.05, 0) is 39.8 Å². The number of nitrogens with one attached hydrogen (secondary N) is 1. The van der Waals surface area contributed by atoms with Crippen LogP contribution in [0.5, 0.6) is 0 Å². The van der Waals surface area contributed by atoms with E-state index >= 15 is 0 Å². The summed E-state index contributed by atoms with van der Waals surface area (Å²) in [6.07, 6.45) is 1.74. The van der Waals surface area contributed by atoms with Crippen molar-refractivity contribution in [3.8, 4) is 0 Å². The number of rotatable bonds is 4. The summed E-state index contributed by atoms with van der Waals surface area (Å²) in [7, 11) is 0. The molecule has 2 rings (SSSR count). The number of nitrogens with zero attached hydrogens (tertiary/aromatic N) is 3. The van der Waals surface area contributed by atoms with Crippen LogP contribution >= 0.6 is 0 Å². The van der Waals surface area contributed by atoms with E-state index in [1.54, 1.807) is 11.1 Å². The number of carbonyl (C=O) groups excluding carboxylic acids is 1. The summed E-state index contributed by atoms with van der Waals surface area (Å²) >= 11 is 0. The Hall–Kier alpha value is -1.62. The molecule has 0 radical (unpaired) electrons. The van der Waals surface area contributed by atoms with Gasteiger partial charge in [-0.25, -0.2) is 0 Å². The number of piperazine rings is 1.